The molecule has 5 heteroatoms. The largest absolute Gasteiger partial charge is 0.461 e. The van der Waals surface area contributed by atoms with Crippen molar-refractivity contribution in [3.05, 3.63) is 21.7 Å². The van der Waals surface area contributed by atoms with Gasteiger partial charge >= 0.3 is 11.6 Å². The van der Waals surface area contributed by atoms with E-state index in [1.807, 2.05) is 0 Å². The van der Waals surface area contributed by atoms with Crippen LogP contribution < -0.4 is 5.63 Å². The Hall–Kier alpha value is -1.52. The Labute approximate surface area is 68.3 Å². The molecule has 1 N–H and O–H groups in total. The lowest BCUT2D eigenvalue weighted by atomic mass is 10.3. The first-order valence-electron chi connectivity index (χ1n) is 3.52. The zero-order valence-electron chi connectivity index (χ0n) is 6.84. The summed E-state index contributed by atoms with van der Waals surface area (Å²) in [6, 6.07) is 0. The molecule has 0 aliphatic rings. The Morgan fingerprint density at radius 1 is 1.67 bits per heavy atom. The molecule has 0 aliphatic carbocycles. The first kappa shape index (κ1) is 8.58. The maximum Gasteiger partial charge on any atom is 0.361 e. The summed E-state index contributed by atoms with van der Waals surface area (Å²) >= 11 is 0. The zero-order chi connectivity index (χ0) is 9.14. The Morgan fingerprint density at radius 3 is 2.75 bits per heavy atom. The number of hydrogen-bond donors (Lipinski definition) is 1. The quantitative estimate of drug-likeness (QED) is 0.656. The van der Waals surface area contributed by atoms with Crippen LogP contribution in [0.15, 0.2) is 9.32 Å². The van der Waals surface area contributed by atoms with E-state index in [4.69, 9.17) is 0 Å². The van der Waals surface area contributed by atoms with Crippen molar-refractivity contribution in [2.75, 3.05) is 6.61 Å². The first-order valence-corrected chi connectivity index (χ1v) is 3.52. The molecular weight excluding hydrogens is 162 g/mol. The van der Waals surface area contributed by atoms with Crippen LogP contribution in [-0.4, -0.2) is 17.7 Å². The predicted octanol–water partition coefficient (Wildman–Crippen LogP) is 0.453. The van der Waals surface area contributed by atoms with Gasteiger partial charge < -0.3 is 9.26 Å². The van der Waals surface area contributed by atoms with Crippen LogP contribution in [0.4, 0.5) is 0 Å². The second-order valence-electron chi connectivity index (χ2n) is 2.21. The summed E-state index contributed by atoms with van der Waals surface area (Å²) in [4.78, 5) is 21.8. The number of carbonyl (C=O) groups is 1. The van der Waals surface area contributed by atoms with Crippen molar-refractivity contribution in [2.24, 2.45) is 0 Å². The second kappa shape index (κ2) is 3.25. The lowest BCUT2D eigenvalue weighted by Gasteiger charge is -1.96. The molecule has 0 atom stereocenters. The number of aromatic nitrogens is 1. The highest BCUT2D eigenvalue weighted by atomic mass is 16.5. The number of carbonyl (C=O) groups excluding carboxylic acids is 1. The van der Waals surface area contributed by atoms with E-state index in [0.717, 1.165) is 0 Å². The molecule has 66 valence electrons. The third-order valence-electron chi connectivity index (χ3n) is 1.41. The van der Waals surface area contributed by atoms with Crippen molar-refractivity contribution >= 4 is 5.97 Å². The van der Waals surface area contributed by atoms with Crippen molar-refractivity contribution in [2.45, 2.75) is 13.8 Å². The number of ether oxygens (including phenoxy) is 1. The van der Waals surface area contributed by atoms with Crippen molar-refractivity contribution in [1.29, 1.82) is 0 Å². The molecule has 1 rings (SSSR count). The highest BCUT2D eigenvalue weighted by Crippen LogP contribution is 2.00. The van der Waals surface area contributed by atoms with Gasteiger partial charge in [-0.25, -0.2) is 14.7 Å². The van der Waals surface area contributed by atoms with E-state index in [1.54, 1.807) is 6.92 Å². The number of hydrogen-bond acceptors (Lipinski definition) is 4. The fraction of sp³-hybridized carbons (Fsp3) is 0.429. The minimum Gasteiger partial charge on any atom is -0.461 e. The number of H-pyrrole nitrogens is 1. The van der Waals surface area contributed by atoms with E-state index in [9.17, 15) is 9.59 Å². The SMILES string of the molecule is CCOC(=O)c1[nH]oc(=O)c1C. The van der Waals surface area contributed by atoms with Gasteiger partial charge in [0.2, 0.25) is 0 Å². The minimum absolute atomic E-state index is 0.0850. The van der Waals surface area contributed by atoms with Crippen molar-refractivity contribution in [1.82, 2.24) is 5.16 Å². The molecule has 1 aromatic rings. The summed E-state index contributed by atoms with van der Waals surface area (Å²) in [6.07, 6.45) is 0. The van der Waals surface area contributed by atoms with Gasteiger partial charge in [0.1, 0.15) is 0 Å². The molecule has 0 aliphatic heterocycles. The lowest BCUT2D eigenvalue weighted by molar-refractivity contribution is 0.0514. The number of aromatic amines is 1. The normalized spacial score (nSPS) is 9.83. The van der Waals surface area contributed by atoms with Crippen LogP contribution in [0.25, 0.3) is 0 Å². The molecule has 0 amide bonds. The minimum atomic E-state index is -0.569. The lowest BCUT2D eigenvalue weighted by Crippen LogP contribution is -2.08. The third kappa shape index (κ3) is 1.39. The van der Waals surface area contributed by atoms with Gasteiger partial charge in [-0.2, -0.15) is 0 Å². The fourth-order valence-electron chi connectivity index (χ4n) is 0.751. The van der Waals surface area contributed by atoms with Gasteiger partial charge in [0.15, 0.2) is 5.69 Å². The fourth-order valence-corrected chi connectivity index (χ4v) is 0.751. The van der Waals surface area contributed by atoms with Gasteiger partial charge in [-0.3, -0.25) is 0 Å². The summed E-state index contributed by atoms with van der Waals surface area (Å²) in [6.45, 7) is 3.45. The van der Waals surface area contributed by atoms with E-state index >= 15 is 0 Å². The van der Waals surface area contributed by atoms with Crippen molar-refractivity contribution < 1.29 is 14.1 Å². The summed E-state index contributed by atoms with van der Waals surface area (Å²) in [5, 5.41) is 2.20. The van der Waals surface area contributed by atoms with Crippen LogP contribution >= 0.6 is 0 Å². The average molecular weight is 171 g/mol. The molecule has 0 unspecified atom stereocenters. The molecule has 0 spiro atoms. The maximum atomic E-state index is 11.0. The van der Waals surface area contributed by atoms with Crippen LogP contribution in [0.2, 0.25) is 0 Å². The highest BCUT2D eigenvalue weighted by Gasteiger charge is 2.15. The van der Waals surface area contributed by atoms with Crippen LogP contribution in [0.1, 0.15) is 23.0 Å². The summed E-state index contributed by atoms with van der Waals surface area (Å²) < 4.78 is 9.03. The smallest absolute Gasteiger partial charge is 0.361 e. The first-order chi connectivity index (χ1) is 5.66. The van der Waals surface area contributed by atoms with E-state index in [1.165, 1.54) is 6.92 Å². The number of esters is 1. The van der Waals surface area contributed by atoms with Gasteiger partial charge in [0.25, 0.3) is 0 Å². The molecule has 1 aromatic heterocycles. The predicted molar refractivity (Wildman–Crippen MR) is 40.0 cm³/mol. The monoisotopic (exact) mass is 171 g/mol. The van der Waals surface area contributed by atoms with E-state index in [0.29, 0.717) is 0 Å². The Kier molecular flexibility index (Phi) is 2.32. The van der Waals surface area contributed by atoms with Crippen molar-refractivity contribution in [3.63, 3.8) is 0 Å². The van der Waals surface area contributed by atoms with Crippen LogP contribution in [0.5, 0.6) is 0 Å². The summed E-state index contributed by atoms with van der Waals surface area (Å²) in [7, 11) is 0. The van der Waals surface area contributed by atoms with Gasteiger partial charge in [-0.05, 0) is 13.8 Å². The topological polar surface area (TPSA) is 72.3 Å². The van der Waals surface area contributed by atoms with Gasteiger partial charge in [-0.1, -0.05) is 0 Å². The van der Waals surface area contributed by atoms with E-state index in [2.05, 4.69) is 14.4 Å². The summed E-state index contributed by atoms with van der Waals surface area (Å²) in [5.74, 6) is -0.569. The number of rotatable bonds is 2. The molecule has 0 saturated heterocycles. The molecule has 1 heterocycles. The standard InChI is InChI=1S/C7H9NO4/c1-3-11-7(10)5-4(2)6(9)12-8-5/h8H,3H2,1-2H3. The zero-order valence-corrected chi connectivity index (χ0v) is 6.84. The molecule has 12 heavy (non-hydrogen) atoms. The van der Waals surface area contributed by atoms with Gasteiger partial charge in [-0.15, -0.1) is 0 Å². The number of nitrogens with one attached hydrogen (secondary N) is 1. The maximum absolute atomic E-state index is 11.0. The van der Waals surface area contributed by atoms with Gasteiger partial charge in [0.05, 0.1) is 12.2 Å². The van der Waals surface area contributed by atoms with Crippen LogP contribution in [0, 0.1) is 6.92 Å². The molecule has 0 radical (unpaired) electrons. The summed E-state index contributed by atoms with van der Waals surface area (Å²) in [5.41, 5.74) is -0.214. The molecule has 5 nitrogen and oxygen atoms in total. The Bertz CT molecular complexity index is 335. The second-order valence-corrected chi connectivity index (χ2v) is 2.21. The van der Waals surface area contributed by atoms with Crippen LogP contribution in [0.3, 0.4) is 0 Å². The van der Waals surface area contributed by atoms with E-state index in [-0.39, 0.29) is 17.9 Å². The Balaban J connectivity index is 2.96. The van der Waals surface area contributed by atoms with Gasteiger partial charge in [0, 0.05) is 0 Å². The molecule has 0 fully saturated rings. The van der Waals surface area contributed by atoms with Crippen LogP contribution in [-0.2, 0) is 4.74 Å². The Morgan fingerprint density at radius 2 is 2.33 bits per heavy atom. The average Bonchev–Trinajstić information content (AvgIpc) is 2.34. The molecule has 0 saturated carbocycles. The molecular formula is C7H9NO4. The van der Waals surface area contributed by atoms with E-state index < -0.39 is 11.6 Å². The van der Waals surface area contributed by atoms with Crippen molar-refractivity contribution in [3.8, 4) is 0 Å². The molecule has 0 aromatic carbocycles. The molecule has 0 bridgehead atoms. The highest BCUT2D eigenvalue weighted by molar-refractivity contribution is 5.88. The third-order valence-corrected chi connectivity index (χ3v) is 1.41.